The van der Waals surface area contributed by atoms with E-state index in [1.165, 1.54) is 5.69 Å². The molecule has 2 aromatic heterocycles. The molecule has 0 saturated carbocycles. The van der Waals surface area contributed by atoms with Crippen LogP contribution in [0.4, 0.5) is 5.82 Å². The van der Waals surface area contributed by atoms with Crippen molar-refractivity contribution in [3.8, 4) is 0 Å². The van der Waals surface area contributed by atoms with E-state index in [-0.39, 0.29) is 0 Å². The van der Waals surface area contributed by atoms with E-state index in [1.54, 1.807) is 6.20 Å². The first-order valence-electron chi connectivity index (χ1n) is 7.19. The molecule has 1 aromatic carbocycles. The summed E-state index contributed by atoms with van der Waals surface area (Å²) in [6.45, 7) is 5.86. The Morgan fingerprint density at radius 1 is 1.19 bits per heavy atom. The summed E-state index contributed by atoms with van der Waals surface area (Å²) >= 11 is 0. The monoisotopic (exact) mass is 281 g/mol. The first-order chi connectivity index (χ1) is 10.2. The number of anilines is 1. The first kappa shape index (κ1) is 13.5. The molecule has 5 nitrogen and oxygen atoms in total. The second-order valence-corrected chi connectivity index (χ2v) is 5.21. The minimum Gasteiger partial charge on any atom is -0.368 e. The fourth-order valence-electron chi connectivity index (χ4n) is 2.50. The maximum atomic E-state index is 4.47. The summed E-state index contributed by atoms with van der Waals surface area (Å²) < 4.78 is 2.05. The van der Waals surface area contributed by atoms with Gasteiger partial charge in [0, 0.05) is 29.6 Å². The molecule has 0 aliphatic rings. The highest BCUT2D eigenvalue weighted by Crippen LogP contribution is 2.18. The molecule has 3 rings (SSSR count). The van der Waals surface area contributed by atoms with Gasteiger partial charge >= 0.3 is 0 Å². The molecule has 0 amide bonds. The Morgan fingerprint density at radius 3 is 2.86 bits per heavy atom. The van der Waals surface area contributed by atoms with Gasteiger partial charge in [-0.05, 0) is 26.3 Å². The summed E-state index contributed by atoms with van der Waals surface area (Å²) in [5.41, 5.74) is 2.28. The topological polar surface area (TPSA) is 55.6 Å². The molecule has 0 spiro atoms. The molecule has 2 heterocycles. The zero-order valence-electron chi connectivity index (χ0n) is 12.4. The fraction of sp³-hybridized carbons (Fsp3) is 0.312. The number of hydrogen-bond donors (Lipinski definition) is 1. The predicted molar refractivity (Wildman–Crippen MR) is 84.3 cm³/mol. The molecule has 0 fully saturated rings. The van der Waals surface area contributed by atoms with E-state index >= 15 is 0 Å². The molecule has 0 aliphatic carbocycles. The third-order valence-corrected chi connectivity index (χ3v) is 3.51. The van der Waals surface area contributed by atoms with Gasteiger partial charge in [0.05, 0.1) is 11.9 Å². The van der Waals surface area contributed by atoms with Crippen molar-refractivity contribution < 1.29 is 0 Å². The Balaban J connectivity index is 1.61. The van der Waals surface area contributed by atoms with Crippen LogP contribution in [0.15, 0.2) is 36.5 Å². The quantitative estimate of drug-likeness (QED) is 0.731. The second-order valence-electron chi connectivity index (χ2n) is 5.21. The number of rotatable bonds is 5. The number of fused-ring (bicyclic) bond motifs is 1. The summed E-state index contributed by atoms with van der Waals surface area (Å²) in [6.07, 6.45) is 2.78. The Kier molecular flexibility index (Phi) is 3.81. The SMILES string of the molecule is Cc1cc(C)n(CCCNc2nncc3ccccc23)n1. The van der Waals surface area contributed by atoms with Gasteiger partial charge in [-0.3, -0.25) is 4.68 Å². The maximum absolute atomic E-state index is 4.47. The summed E-state index contributed by atoms with van der Waals surface area (Å²) in [5, 5.41) is 18.3. The molecule has 108 valence electrons. The van der Waals surface area contributed by atoms with Crippen LogP contribution in [0.5, 0.6) is 0 Å². The number of hydrogen-bond acceptors (Lipinski definition) is 4. The van der Waals surface area contributed by atoms with Crippen molar-refractivity contribution in [1.82, 2.24) is 20.0 Å². The van der Waals surface area contributed by atoms with Gasteiger partial charge in [-0.15, -0.1) is 5.10 Å². The fourth-order valence-corrected chi connectivity index (χ4v) is 2.50. The van der Waals surface area contributed by atoms with Crippen molar-refractivity contribution in [2.45, 2.75) is 26.8 Å². The summed E-state index contributed by atoms with van der Waals surface area (Å²) in [4.78, 5) is 0. The van der Waals surface area contributed by atoms with Crippen molar-refractivity contribution in [2.75, 3.05) is 11.9 Å². The first-order valence-corrected chi connectivity index (χ1v) is 7.19. The Labute approximate surface area is 124 Å². The van der Waals surface area contributed by atoms with Crippen molar-refractivity contribution in [2.24, 2.45) is 0 Å². The van der Waals surface area contributed by atoms with Gasteiger partial charge in [-0.1, -0.05) is 24.3 Å². The van der Waals surface area contributed by atoms with Crippen LogP contribution < -0.4 is 5.32 Å². The molecule has 0 bridgehead atoms. The van der Waals surface area contributed by atoms with Gasteiger partial charge in [-0.2, -0.15) is 10.2 Å². The minimum absolute atomic E-state index is 0.848. The molecule has 1 N–H and O–H groups in total. The van der Waals surface area contributed by atoms with Gasteiger partial charge in [-0.25, -0.2) is 0 Å². The highest BCUT2D eigenvalue weighted by Gasteiger charge is 2.03. The van der Waals surface area contributed by atoms with E-state index in [4.69, 9.17) is 0 Å². The van der Waals surface area contributed by atoms with Gasteiger partial charge < -0.3 is 5.32 Å². The van der Waals surface area contributed by atoms with Crippen molar-refractivity contribution in [3.05, 3.63) is 47.9 Å². The molecule has 0 unspecified atom stereocenters. The maximum Gasteiger partial charge on any atom is 0.156 e. The molecule has 0 saturated heterocycles. The molecular weight excluding hydrogens is 262 g/mol. The summed E-state index contributed by atoms with van der Waals surface area (Å²) in [7, 11) is 0. The smallest absolute Gasteiger partial charge is 0.156 e. The molecule has 3 aromatic rings. The van der Waals surface area contributed by atoms with Crippen molar-refractivity contribution in [3.63, 3.8) is 0 Å². The van der Waals surface area contributed by atoms with Crippen molar-refractivity contribution >= 4 is 16.6 Å². The van der Waals surface area contributed by atoms with E-state index in [9.17, 15) is 0 Å². The second kappa shape index (κ2) is 5.91. The van der Waals surface area contributed by atoms with Crippen LogP contribution in [-0.2, 0) is 6.54 Å². The third-order valence-electron chi connectivity index (χ3n) is 3.51. The highest BCUT2D eigenvalue weighted by atomic mass is 15.3. The van der Waals surface area contributed by atoms with E-state index in [0.29, 0.717) is 0 Å². The van der Waals surface area contributed by atoms with Crippen LogP contribution in [0.3, 0.4) is 0 Å². The van der Waals surface area contributed by atoms with Gasteiger partial charge in [0.25, 0.3) is 0 Å². The van der Waals surface area contributed by atoms with Gasteiger partial charge in [0.2, 0.25) is 0 Å². The average molecular weight is 281 g/mol. The number of nitrogens with zero attached hydrogens (tertiary/aromatic N) is 4. The molecule has 0 atom stereocenters. The Hall–Kier alpha value is -2.43. The van der Waals surface area contributed by atoms with Crippen LogP contribution >= 0.6 is 0 Å². The molecule has 0 aliphatic heterocycles. The lowest BCUT2D eigenvalue weighted by atomic mass is 10.2. The number of aryl methyl sites for hydroxylation is 3. The standard InChI is InChI=1S/C16H19N5/c1-12-10-13(2)21(20-12)9-5-8-17-16-15-7-4-3-6-14(15)11-18-19-16/h3-4,6-7,10-11H,5,8-9H2,1-2H3,(H,17,19). The lowest BCUT2D eigenvalue weighted by Crippen LogP contribution is -2.10. The Morgan fingerprint density at radius 2 is 2.05 bits per heavy atom. The summed E-state index contributed by atoms with van der Waals surface area (Å²) in [5.74, 6) is 0.849. The van der Waals surface area contributed by atoms with Gasteiger partial charge in [0.1, 0.15) is 0 Å². The van der Waals surface area contributed by atoms with Crippen LogP contribution in [0, 0.1) is 13.8 Å². The molecule has 0 radical (unpaired) electrons. The normalized spacial score (nSPS) is 11.0. The van der Waals surface area contributed by atoms with E-state index in [1.807, 2.05) is 29.8 Å². The lowest BCUT2D eigenvalue weighted by Gasteiger charge is -2.08. The zero-order chi connectivity index (χ0) is 14.7. The number of nitrogens with one attached hydrogen (secondary N) is 1. The third kappa shape index (κ3) is 3.02. The Bertz CT molecular complexity index is 742. The highest BCUT2D eigenvalue weighted by molar-refractivity contribution is 5.90. The van der Waals surface area contributed by atoms with Crippen LogP contribution in [-0.4, -0.2) is 26.5 Å². The largest absolute Gasteiger partial charge is 0.368 e. The predicted octanol–water partition coefficient (Wildman–Crippen LogP) is 2.95. The van der Waals surface area contributed by atoms with E-state index in [0.717, 1.165) is 41.8 Å². The molecular formula is C16H19N5. The summed E-state index contributed by atoms with van der Waals surface area (Å²) in [6, 6.07) is 10.2. The molecule has 21 heavy (non-hydrogen) atoms. The molecule has 5 heteroatoms. The lowest BCUT2D eigenvalue weighted by molar-refractivity contribution is 0.573. The van der Waals surface area contributed by atoms with Gasteiger partial charge in [0.15, 0.2) is 5.82 Å². The van der Waals surface area contributed by atoms with E-state index < -0.39 is 0 Å². The average Bonchev–Trinajstić information content (AvgIpc) is 2.82. The number of benzene rings is 1. The van der Waals surface area contributed by atoms with Crippen molar-refractivity contribution in [1.29, 1.82) is 0 Å². The zero-order valence-corrected chi connectivity index (χ0v) is 12.4. The minimum atomic E-state index is 0.848. The van der Waals surface area contributed by atoms with E-state index in [2.05, 4.69) is 39.7 Å². The van der Waals surface area contributed by atoms with Crippen LogP contribution in [0.25, 0.3) is 10.8 Å². The van der Waals surface area contributed by atoms with Crippen LogP contribution in [0.2, 0.25) is 0 Å². The number of aromatic nitrogens is 4. The van der Waals surface area contributed by atoms with Crippen LogP contribution in [0.1, 0.15) is 17.8 Å².